The predicted molar refractivity (Wildman–Crippen MR) is 118 cm³/mol. The van der Waals surface area contributed by atoms with E-state index in [-0.39, 0.29) is 17.8 Å². The molecule has 0 spiro atoms. The molecule has 3 aromatic rings. The summed E-state index contributed by atoms with van der Waals surface area (Å²) in [6.07, 6.45) is 6.20. The standard InChI is InChI=1S/C21H25ClFN7O/c1-21(2,20(31)24-3)30-6-4-5-13(11-30)28-19-16(23)10-27-18(29-19)15-9-26-17-14(15)7-12(22)8-25-17/h7-10,13H,4-6,11H2,1-3H3,(H,24,31)(H,25,26)(H,27,28,29). The van der Waals surface area contributed by atoms with Crippen molar-refractivity contribution in [3.05, 3.63) is 35.5 Å². The summed E-state index contributed by atoms with van der Waals surface area (Å²) in [5.74, 6) is -0.0609. The number of pyridine rings is 1. The van der Waals surface area contributed by atoms with Gasteiger partial charge in [0.15, 0.2) is 17.5 Å². The van der Waals surface area contributed by atoms with E-state index in [9.17, 15) is 9.18 Å². The molecule has 3 aromatic heterocycles. The number of anilines is 1. The molecule has 1 saturated heterocycles. The molecule has 1 amide bonds. The summed E-state index contributed by atoms with van der Waals surface area (Å²) in [7, 11) is 1.63. The highest BCUT2D eigenvalue weighted by molar-refractivity contribution is 6.31. The van der Waals surface area contributed by atoms with Crippen LogP contribution in [0.5, 0.6) is 0 Å². The van der Waals surface area contributed by atoms with E-state index in [0.717, 1.165) is 31.0 Å². The first-order chi connectivity index (χ1) is 14.8. The Hall–Kier alpha value is -2.78. The minimum absolute atomic E-state index is 0.0461. The van der Waals surface area contributed by atoms with Gasteiger partial charge in [0.25, 0.3) is 0 Å². The van der Waals surface area contributed by atoms with Crippen molar-refractivity contribution in [3.8, 4) is 11.4 Å². The van der Waals surface area contributed by atoms with Gasteiger partial charge in [0, 0.05) is 43.0 Å². The van der Waals surface area contributed by atoms with Gasteiger partial charge < -0.3 is 15.6 Å². The quantitative estimate of drug-likeness (QED) is 0.557. The molecule has 10 heteroatoms. The minimum atomic E-state index is -0.652. The Bertz CT molecular complexity index is 1120. The van der Waals surface area contributed by atoms with Crippen molar-refractivity contribution < 1.29 is 9.18 Å². The minimum Gasteiger partial charge on any atom is -0.363 e. The van der Waals surface area contributed by atoms with Crippen LogP contribution in [0.2, 0.25) is 5.02 Å². The molecule has 8 nitrogen and oxygen atoms in total. The molecule has 1 atom stereocenters. The van der Waals surface area contributed by atoms with Crippen LogP contribution in [0, 0.1) is 5.82 Å². The Kier molecular flexibility index (Phi) is 5.81. The topological polar surface area (TPSA) is 98.8 Å². The predicted octanol–water partition coefficient (Wildman–Crippen LogP) is 3.21. The van der Waals surface area contributed by atoms with Gasteiger partial charge >= 0.3 is 0 Å². The van der Waals surface area contributed by atoms with Gasteiger partial charge in [0.1, 0.15) is 5.65 Å². The fraction of sp³-hybridized carbons (Fsp3) is 0.429. The average Bonchev–Trinajstić information content (AvgIpc) is 3.18. The van der Waals surface area contributed by atoms with Gasteiger partial charge in [-0.05, 0) is 39.3 Å². The SMILES string of the molecule is CNC(=O)C(C)(C)N1CCCC(Nc2nc(-c3c[nH]c4ncc(Cl)cc34)ncc2F)C1. The van der Waals surface area contributed by atoms with E-state index in [0.29, 0.717) is 28.6 Å². The third-order valence-electron chi connectivity index (χ3n) is 5.82. The number of carbonyl (C=O) groups excluding carboxylic acids is 1. The van der Waals surface area contributed by atoms with E-state index < -0.39 is 11.4 Å². The van der Waals surface area contributed by atoms with Crippen LogP contribution in [0.1, 0.15) is 26.7 Å². The van der Waals surface area contributed by atoms with E-state index in [2.05, 4.69) is 35.5 Å². The van der Waals surface area contributed by atoms with Crippen LogP contribution >= 0.6 is 11.6 Å². The van der Waals surface area contributed by atoms with Gasteiger partial charge in [-0.15, -0.1) is 0 Å². The lowest BCUT2D eigenvalue weighted by Gasteiger charge is -2.42. The maximum Gasteiger partial charge on any atom is 0.239 e. The van der Waals surface area contributed by atoms with Crippen molar-refractivity contribution in [1.82, 2.24) is 30.2 Å². The van der Waals surface area contributed by atoms with Crippen molar-refractivity contribution in [2.45, 2.75) is 38.3 Å². The molecule has 1 aliphatic rings. The summed E-state index contributed by atoms with van der Waals surface area (Å²) >= 11 is 6.08. The molecule has 4 rings (SSSR count). The number of hydrogen-bond donors (Lipinski definition) is 3. The summed E-state index contributed by atoms with van der Waals surface area (Å²) < 4.78 is 14.6. The molecular weight excluding hydrogens is 421 g/mol. The normalized spacial score (nSPS) is 17.6. The Morgan fingerprint density at radius 1 is 1.35 bits per heavy atom. The van der Waals surface area contributed by atoms with Gasteiger partial charge in [-0.1, -0.05) is 11.6 Å². The number of amides is 1. The maximum absolute atomic E-state index is 14.6. The molecule has 0 aromatic carbocycles. The number of rotatable bonds is 5. The lowest BCUT2D eigenvalue weighted by atomic mass is 9.95. The fourth-order valence-electron chi connectivity index (χ4n) is 4.01. The third kappa shape index (κ3) is 4.20. The van der Waals surface area contributed by atoms with Gasteiger partial charge in [0.2, 0.25) is 5.91 Å². The van der Waals surface area contributed by atoms with Gasteiger partial charge in [-0.25, -0.2) is 19.3 Å². The molecule has 31 heavy (non-hydrogen) atoms. The number of nitrogens with one attached hydrogen (secondary N) is 3. The third-order valence-corrected chi connectivity index (χ3v) is 6.02. The largest absolute Gasteiger partial charge is 0.363 e. The number of carbonyl (C=O) groups is 1. The van der Waals surface area contributed by atoms with Crippen LogP contribution in [0.25, 0.3) is 22.4 Å². The lowest BCUT2D eigenvalue weighted by Crippen LogP contribution is -2.58. The number of aromatic amines is 1. The number of fused-ring (bicyclic) bond motifs is 1. The molecule has 164 valence electrons. The molecule has 1 aliphatic heterocycles. The van der Waals surface area contributed by atoms with Gasteiger partial charge in [-0.2, -0.15) is 0 Å². The summed E-state index contributed by atoms with van der Waals surface area (Å²) in [5, 5.41) is 7.20. The molecule has 0 saturated carbocycles. The number of likely N-dealkylation sites (tertiary alicyclic amines) is 1. The highest BCUT2D eigenvalue weighted by Crippen LogP contribution is 2.29. The summed E-state index contributed by atoms with van der Waals surface area (Å²) in [5.41, 5.74) is 0.695. The second kappa shape index (κ2) is 8.39. The number of piperidine rings is 1. The van der Waals surface area contributed by atoms with E-state index in [1.165, 1.54) is 0 Å². The van der Waals surface area contributed by atoms with E-state index in [1.807, 2.05) is 13.8 Å². The first-order valence-corrected chi connectivity index (χ1v) is 10.6. The Labute approximate surface area is 184 Å². The Balaban J connectivity index is 1.58. The van der Waals surface area contributed by atoms with Crippen LogP contribution in [0.3, 0.4) is 0 Å². The molecule has 1 fully saturated rings. The van der Waals surface area contributed by atoms with Crippen LogP contribution < -0.4 is 10.6 Å². The van der Waals surface area contributed by atoms with E-state index >= 15 is 0 Å². The van der Waals surface area contributed by atoms with Crippen LogP contribution in [0.15, 0.2) is 24.7 Å². The van der Waals surface area contributed by atoms with Gasteiger partial charge in [0.05, 0.1) is 16.8 Å². The zero-order valence-corrected chi connectivity index (χ0v) is 18.4. The number of likely N-dealkylation sites (N-methyl/N-ethyl adjacent to an activating group) is 1. The average molecular weight is 446 g/mol. The first-order valence-electron chi connectivity index (χ1n) is 10.2. The van der Waals surface area contributed by atoms with E-state index in [1.54, 1.807) is 25.5 Å². The molecule has 3 N–H and O–H groups in total. The highest BCUT2D eigenvalue weighted by Gasteiger charge is 2.37. The number of H-pyrrole nitrogens is 1. The smallest absolute Gasteiger partial charge is 0.239 e. The molecule has 1 unspecified atom stereocenters. The van der Waals surface area contributed by atoms with Crippen LogP contribution in [-0.2, 0) is 4.79 Å². The molecule has 0 aliphatic carbocycles. The molecule has 0 radical (unpaired) electrons. The van der Waals surface area contributed by atoms with Gasteiger partial charge in [-0.3, -0.25) is 9.69 Å². The van der Waals surface area contributed by atoms with Crippen LogP contribution in [-0.4, -0.2) is 62.5 Å². The number of hydrogen-bond acceptors (Lipinski definition) is 6. The van der Waals surface area contributed by atoms with Crippen molar-refractivity contribution in [3.63, 3.8) is 0 Å². The second-order valence-electron chi connectivity index (χ2n) is 8.21. The number of halogens is 2. The molecule has 4 heterocycles. The zero-order valence-electron chi connectivity index (χ0n) is 17.7. The fourth-order valence-corrected chi connectivity index (χ4v) is 4.16. The zero-order chi connectivity index (χ0) is 22.2. The summed E-state index contributed by atoms with van der Waals surface area (Å²) in [4.78, 5) is 30.3. The summed E-state index contributed by atoms with van der Waals surface area (Å²) in [6.45, 7) is 5.20. The Morgan fingerprint density at radius 3 is 2.94 bits per heavy atom. The lowest BCUT2D eigenvalue weighted by molar-refractivity contribution is -0.131. The molecular formula is C21H25ClFN7O. The number of aromatic nitrogens is 4. The van der Waals surface area contributed by atoms with Crippen molar-refractivity contribution in [1.29, 1.82) is 0 Å². The van der Waals surface area contributed by atoms with Crippen molar-refractivity contribution in [2.75, 3.05) is 25.5 Å². The second-order valence-corrected chi connectivity index (χ2v) is 8.65. The van der Waals surface area contributed by atoms with Crippen molar-refractivity contribution >= 4 is 34.4 Å². The number of nitrogens with zero attached hydrogens (tertiary/aromatic N) is 4. The van der Waals surface area contributed by atoms with Crippen molar-refractivity contribution in [2.24, 2.45) is 0 Å². The monoisotopic (exact) mass is 445 g/mol. The maximum atomic E-state index is 14.6. The Morgan fingerprint density at radius 2 is 2.16 bits per heavy atom. The first kappa shape index (κ1) is 21.5. The molecule has 0 bridgehead atoms. The highest BCUT2D eigenvalue weighted by atomic mass is 35.5. The van der Waals surface area contributed by atoms with E-state index in [4.69, 9.17) is 11.6 Å². The summed E-state index contributed by atoms with van der Waals surface area (Å²) in [6, 6.07) is 1.73. The van der Waals surface area contributed by atoms with Crippen LogP contribution in [0.4, 0.5) is 10.2 Å².